The van der Waals surface area contributed by atoms with E-state index in [4.69, 9.17) is 0 Å². The lowest BCUT2D eigenvalue weighted by molar-refractivity contribution is -0.385. The lowest BCUT2D eigenvalue weighted by Crippen LogP contribution is -2.26. The van der Waals surface area contributed by atoms with E-state index in [1.165, 1.54) is 25.7 Å². The molecule has 3 rings (SSSR count). The highest BCUT2D eigenvalue weighted by Crippen LogP contribution is 2.47. The smallest absolute Gasteiger partial charge is 0.273 e. The molecule has 2 bridgehead atoms. The molecule has 1 aromatic rings. The number of hydrogen-bond acceptors (Lipinski definition) is 3. The number of nitro groups is 1. The predicted octanol–water partition coefficient (Wildman–Crippen LogP) is 3.88. The van der Waals surface area contributed by atoms with Gasteiger partial charge in [0.25, 0.3) is 5.69 Å². The molecule has 2 fully saturated rings. The minimum absolute atomic E-state index is 0.202. The van der Waals surface area contributed by atoms with Crippen LogP contribution < -0.4 is 5.32 Å². The van der Waals surface area contributed by atoms with Crippen molar-refractivity contribution in [3.05, 3.63) is 38.3 Å². The van der Waals surface area contributed by atoms with Gasteiger partial charge in [0.05, 0.1) is 4.92 Å². The molecule has 0 aromatic heterocycles. The van der Waals surface area contributed by atoms with Crippen LogP contribution in [0.2, 0.25) is 0 Å². The molecule has 0 aliphatic heterocycles. The number of fused-ring (bicyclic) bond motifs is 2. The number of halogens is 1. The van der Waals surface area contributed by atoms with Gasteiger partial charge in [-0.3, -0.25) is 10.1 Å². The number of nitrogens with one attached hydrogen (secondary N) is 1. The fourth-order valence-corrected chi connectivity index (χ4v) is 4.30. The molecule has 4 nitrogen and oxygen atoms in total. The maximum atomic E-state index is 11.0. The summed E-state index contributed by atoms with van der Waals surface area (Å²) >= 11 is 3.38. The summed E-state index contributed by atoms with van der Waals surface area (Å²) in [6.07, 6.45) is 5.55. The zero-order chi connectivity index (χ0) is 14.1. The third kappa shape index (κ3) is 2.88. The Balaban J connectivity index is 1.58. The number of hydrogen-bond donors (Lipinski definition) is 1. The lowest BCUT2D eigenvalue weighted by Gasteiger charge is -2.21. The number of nitrogens with zero attached hydrogens (tertiary/aromatic N) is 1. The standard InChI is InChI=1S/C15H19BrN2O2/c16-14-3-4-15(18(19)20)13(7-14)9-17-8-12-6-10-1-2-11(12)5-10/h3-4,7,10-12,17H,1-2,5-6,8-9H2. The van der Waals surface area contributed by atoms with Gasteiger partial charge in [-0.15, -0.1) is 0 Å². The molecule has 0 heterocycles. The summed E-state index contributed by atoms with van der Waals surface area (Å²) in [5.41, 5.74) is 0.959. The number of nitro benzene ring substituents is 1. The van der Waals surface area contributed by atoms with E-state index in [1.54, 1.807) is 12.1 Å². The second-order valence-electron chi connectivity index (χ2n) is 6.10. The second kappa shape index (κ2) is 5.82. The van der Waals surface area contributed by atoms with Gasteiger partial charge < -0.3 is 5.32 Å². The first kappa shape index (κ1) is 14.0. The summed E-state index contributed by atoms with van der Waals surface area (Å²) < 4.78 is 0.889. The van der Waals surface area contributed by atoms with Crippen molar-refractivity contribution < 1.29 is 4.92 Å². The minimum Gasteiger partial charge on any atom is -0.312 e. The first-order chi connectivity index (χ1) is 9.63. The Morgan fingerprint density at radius 3 is 2.85 bits per heavy atom. The van der Waals surface area contributed by atoms with Gasteiger partial charge in [-0.25, -0.2) is 0 Å². The Morgan fingerprint density at radius 1 is 1.35 bits per heavy atom. The van der Waals surface area contributed by atoms with Crippen molar-refractivity contribution in [2.24, 2.45) is 17.8 Å². The minimum atomic E-state index is -0.305. The molecule has 0 radical (unpaired) electrons. The Kier molecular flexibility index (Phi) is 4.08. The summed E-state index contributed by atoms with van der Waals surface area (Å²) in [6, 6.07) is 5.13. The van der Waals surface area contributed by atoms with Crippen LogP contribution >= 0.6 is 15.9 Å². The van der Waals surface area contributed by atoms with Crippen molar-refractivity contribution in [2.75, 3.05) is 6.54 Å². The van der Waals surface area contributed by atoms with Crippen LogP contribution in [-0.2, 0) is 6.54 Å². The van der Waals surface area contributed by atoms with Gasteiger partial charge in [-0.1, -0.05) is 22.4 Å². The molecule has 0 amide bonds. The van der Waals surface area contributed by atoms with Crippen LogP contribution in [0.4, 0.5) is 5.69 Å². The predicted molar refractivity (Wildman–Crippen MR) is 81.4 cm³/mol. The van der Waals surface area contributed by atoms with E-state index in [2.05, 4.69) is 21.2 Å². The van der Waals surface area contributed by atoms with Crippen molar-refractivity contribution in [1.82, 2.24) is 5.32 Å². The van der Waals surface area contributed by atoms with Gasteiger partial charge in [0.15, 0.2) is 0 Å². The molecule has 108 valence electrons. The van der Waals surface area contributed by atoms with E-state index < -0.39 is 0 Å². The van der Waals surface area contributed by atoms with E-state index >= 15 is 0 Å². The first-order valence-corrected chi connectivity index (χ1v) is 8.06. The fraction of sp³-hybridized carbons (Fsp3) is 0.600. The van der Waals surface area contributed by atoms with Crippen LogP contribution in [0.3, 0.4) is 0 Å². The number of rotatable bonds is 5. The Morgan fingerprint density at radius 2 is 2.20 bits per heavy atom. The van der Waals surface area contributed by atoms with E-state index in [1.807, 2.05) is 6.07 Å². The quantitative estimate of drug-likeness (QED) is 0.654. The fourth-order valence-electron chi connectivity index (χ4n) is 3.89. The van der Waals surface area contributed by atoms with E-state index in [0.717, 1.165) is 34.3 Å². The zero-order valence-electron chi connectivity index (χ0n) is 11.3. The summed E-state index contributed by atoms with van der Waals surface area (Å²) in [5.74, 6) is 2.62. The zero-order valence-corrected chi connectivity index (χ0v) is 12.9. The largest absolute Gasteiger partial charge is 0.312 e. The third-order valence-corrected chi connectivity index (χ3v) is 5.34. The van der Waals surface area contributed by atoms with Crippen LogP contribution in [0.25, 0.3) is 0 Å². The van der Waals surface area contributed by atoms with E-state index in [-0.39, 0.29) is 10.6 Å². The maximum Gasteiger partial charge on any atom is 0.273 e. The molecule has 1 N–H and O–H groups in total. The third-order valence-electron chi connectivity index (χ3n) is 4.84. The normalized spacial score (nSPS) is 27.9. The summed E-state index contributed by atoms with van der Waals surface area (Å²) in [4.78, 5) is 10.7. The number of benzene rings is 1. The van der Waals surface area contributed by atoms with E-state index in [0.29, 0.717) is 6.54 Å². The highest BCUT2D eigenvalue weighted by Gasteiger charge is 2.38. The first-order valence-electron chi connectivity index (χ1n) is 7.27. The van der Waals surface area contributed by atoms with Crippen molar-refractivity contribution >= 4 is 21.6 Å². The molecule has 1 aromatic carbocycles. The molecule has 0 spiro atoms. The van der Waals surface area contributed by atoms with Gasteiger partial charge in [-0.2, -0.15) is 0 Å². The molecule has 3 atom stereocenters. The molecular weight excluding hydrogens is 320 g/mol. The molecular formula is C15H19BrN2O2. The summed E-state index contributed by atoms with van der Waals surface area (Å²) in [6.45, 7) is 1.56. The SMILES string of the molecule is O=[N+]([O-])c1ccc(Br)cc1CNCC1CC2CCC1C2. The van der Waals surface area contributed by atoms with Gasteiger partial charge in [0.2, 0.25) is 0 Å². The average Bonchev–Trinajstić information content (AvgIpc) is 3.00. The maximum absolute atomic E-state index is 11.0. The Labute approximate surface area is 127 Å². The molecule has 2 aliphatic carbocycles. The van der Waals surface area contributed by atoms with Crippen LogP contribution in [0.5, 0.6) is 0 Å². The molecule has 0 saturated heterocycles. The second-order valence-corrected chi connectivity index (χ2v) is 7.01. The molecule has 5 heteroatoms. The van der Waals surface area contributed by atoms with Crippen molar-refractivity contribution in [2.45, 2.75) is 32.2 Å². The van der Waals surface area contributed by atoms with Crippen LogP contribution in [0.15, 0.2) is 22.7 Å². The van der Waals surface area contributed by atoms with Gasteiger partial charge in [0, 0.05) is 22.6 Å². The highest BCUT2D eigenvalue weighted by molar-refractivity contribution is 9.10. The summed E-state index contributed by atoms with van der Waals surface area (Å²) in [5, 5.41) is 14.4. The van der Waals surface area contributed by atoms with Gasteiger partial charge in [0.1, 0.15) is 0 Å². The van der Waals surface area contributed by atoms with Crippen LogP contribution in [0, 0.1) is 27.9 Å². The Hall–Kier alpha value is -0.940. The summed E-state index contributed by atoms with van der Waals surface area (Å²) in [7, 11) is 0. The molecule has 2 saturated carbocycles. The van der Waals surface area contributed by atoms with Crippen molar-refractivity contribution in [3.63, 3.8) is 0 Å². The van der Waals surface area contributed by atoms with Crippen LogP contribution in [0.1, 0.15) is 31.2 Å². The van der Waals surface area contributed by atoms with Gasteiger partial charge >= 0.3 is 0 Å². The molecule has 3 unspecified atom stereocenters. The van der Waals surface area contributed by atoms with Crippen LogP contribution in [-0.4, -0.2) is 11.5 Å². The molecule has 20 heavy (non-hydrogen) atoms. The average molecular weight is 339 g/mol. The van der Waals surface area contributed by atoms with Crippen molar-refractivity contribution in [1.29, 1.82) is 0 Å². The lowest BCUT2D eigenvalue weighted by atomic mass is 9.89. The topological polar surface area (TPSA) is 55.2 Å². The van der Waals surface area contributed by atoms with Crippen molar-refractivity contribution in [3.8, 4) is 0 Å². The Bertz CT molecular complexity index is 521. The molecule has 2 aliphatic rings. The van der Waals surface area contributed by atoms with E-state index in [9.17, 15) is 10.1 Å². The highest BCUT2D eigenvalue weighted by atomic mass is 79.9. The van der Waals surface area contributed by atoms with Gasteiger partial charge in [-0.05, 0) is 55.7 Å². The monoisotopic (exact) mass is 338 g/mol.